The van der Waals surface area contributed by atoms with Crippen LogP contribution < -0.4 is 11.1 Å². The van der Waals surface area contributed by atoms with Crippen LogP contribution >= 0.6 is 0 Å². The zero-order valence-electron chi connectivity index (χ0n) is 14.5. The Morgan fingerprint density at radius 1 is 1.27 bits per heavy atom. The number of carbonyl (C=O) groups is 1. The first-order chi connectivity index (χ1) is 12.5. The van der Waals surface area contributed by atoms with E-state index in [4.69, 9.17) is 5.73 Å². The van der Waals surface area contributed by atoms with Gasteiger partial charge in [0.15, 0.2) is 5.82 Å². The highest BCUT2D eigenvalue weighted by Gasteiger charge is 2.24. The number of hydrogen-bond donors (Lipinski definition) is 2. The van der Waals surface area contributed by atoms with Crippen molar-refractivity contribution in [2.45, 2.75) is 6.92 Å². The number of nitrogens with zero attached hydrogens (tertiary/aromatic N) is 5. The number of nitrogens with two attached hydrogens (primary N) is 1. The molecule has 1 amide bonds. The molecule has 1 aromatic carbocycles. The predicted octanol–water partition coefficient (Wildman–Crippen LogP) is 1.37. The van der Waals surface area contributed by atoms with Crippen LogP contribution in [0.3, 0.4) is 0 Å². The fourth-order valence-electron chi connectivity index (χ4n) is 2.49. The first kappa shape index (κ1) is 17.2. The summed E-state index contributed by atoms with van der Waals surface area (Å²) in [6, 6.07) is 11.6. The highest BCUT2D eigenvalue weighted by Crippen LogP contribution is 2.23. The number of allylic oxidation sites excluding steroid dienone is 1. The lowest BCUT2D eigenvalue weighted by molar-refractivity contribution is -0.114. The average Bonchev–Trinajstić information content (AvgIpc) is 3.17. The molecular weight excluding hydrogens is 330 g/mol. The van der Waals surface area contributed by atoms with E-state index in [2.05, 4.69) is 27.2 Å². The maximum atomic E-state index is 11.6. The quantitative estimate of drug-likeness (QED) is 0.629. The maximum Gasteiger partial charge on any atom is 0.248 e. The Hall–Kier alpha value is -3.68. The smallest absolute Gasteiger partial charge is 0.248 e. The van der Waals surface area contributed by atoms with Crippen LogP contribution in [-0.2, 0) is 4.79 Å². The summed E-state index contributed by atoms with van der Waals surface area (Å²) < 4.78 is 1.76. The summed E-state index contributed by atoms with van der Waals surface area (Å²) in [7, 11) is 1.74. The molecule has 0 saturated heterocycles. The number of aliphatic imine (C=N–C) groups is 1. The summed E-state index contributed by atoms with van der Waals surface area (Å²) in [5.41, 5.74) is 7.87. The van der Waals surface area contributed by atoms with Gasteiger partial charge in [0, 0.05) is 26.0 Å². The molecule has 0 bridgehead atoms. The van der Waals surface area contributed by atoms with Crippen LogP contribution in [0.5, 0.6) is 0 Å². The Labute approximate surface area is 151 Å². The molecule has 1 aliphatic heterocycles. The van der Waals surface area contributed by atoms with Gasteiger partial charge in [-0.15, -0.1) is 0 Å². The first-order valence-corrected chi connectivity index (χ1v) is 7.92. The number of nitrogens with one attached hydrogen (secondary N) is 1. The summed E-state index contributed by atoms with van der Waals surface area (Å²) in [6.07, 6.45) is 3.63. The molecule has 2 aromatic rings. The lowest BCUT2D eigenvalue weighted by atomic mass is 10.2. The third-order valence-corrected chi connectivity index (χ3v) is 3.90. The molecule has 2 heterocycles. The van der Waals surface area contributed by atoms with Gasteiger partial charge in [0.05, 0.1) is 17.0 Å². The average molecular weight is 349 g/mol. The third-order valence-electron chi connectivity index (χ3n) is 3.90. The summed E-state index contributed by atoms with van der Waals surface area (Å²) in [5, 5.41) is 12.9. The van der Waals surface area contributed by atoms with Gasteiger partial charge in [-0.25, -0.2) is 9.67 Å². The zero-order valence-corrected chi connectivity index (χ0v) is 14.5. The van der Waals surface area contributed by atoms with E-state index in [1.807, 2.05) is 42.6 Å². The molecule has 8 nitrogen and oxygen atoms in total. The van der Waals surface area contributed by atoms with Crippen molar-refractivity contribution >= 4 is 18.3 Å². The Morgan fingerprint density at radius 2 is 2.00 bits per heavy atom. The van der Waals surface area contributed by atoms with E-state index in [1.54, 1.807) is 24.7 Å². The highest BCUT2D eigenvalue weighted by molar-refractivity contribution is 6.09. The molecule has 1 aromatic heterocycles. The molecule has 0 unspecified atom stereocenters. The van der Waals surface area contributed by atoms with E-state index in [1.165, 1.54) is 5.01 Å². The van der Waals surface area contributed by atoms with Gasteiger partial charge < -0.3 is 11.1 Å². The van der Waals surface area contributed by atoms with E-state index >= 15 is 0 Å². The van der Waals surface area contributed by atoms with E-state index in [0.717, 1.165) is 5.69 Å². The molecule has 0 aliphatic carbocycles. The van der Waals surface area contributed by atoms with Crippen molar-refractivity contribution in [3.05, 3.63) is 71.6 Å². The van der Waals surface area contributed by atoms with Gasteiger partial charge in [-0.3, -0.25) is 4.79 Å². The van der Waals surface area contributed by atoms with Crippen LogP contribution in [0, 0.1) is 0 Å². The van der Waals surface area contributed by atoms with Crippen molar-refractivity contribution in [2.75, 3.05) is 7.05 Å². The van der Waals surface area contributed by atoms with E-state index in [0.29, 0.717) is 23.0 Å². The largest absolute Gasteiger partial charge is 0.373 e. The van der Waals surface area contributed by atoms with Crippen molar-refractivity contribution < 1.29 is 4.79 Å². The topological polar surface area (TPSA) is 101 Å². The molecule has 0 fully saturated rings. The van der Waals surface area contributed by atoms with Crippen molar-refractivity contribution in [3.8, 4) is 5.69 Å². The molecule has 8 heteroatoms. The number of hydrogen-bond acceptors (Lipinski definition) is 6. The number of benzene rings is 1. The second-order valence-corrected chi connectivity index (χ2v) is 5.52. The molecule has 26 heavy (non-hydrogen) atoms. The standard InChI is InChI=1S/C18H19N7O/c1-12(17(19)26)18-22-15(11-16(20-2)25(18)21-3)14-9-10-24(23-14)13-7-5-4-6-8-13/h4-11,20H,3H2,1-2H3,(H2,19,26)/b18-12+. The van der Waals surface area contributed by atoms with Gasteiger partial charge in [0.1, 0.15) is 11.5 Å². The number of primary amides is 1. The van der Waals surface area contributed by atoms with Gasteiger partial charge in [0.25, 0.3) is 0 Å². The second kappa shape index (κ2) is 7.06. The minimum Gasteiger partial charge on any atom is -0.373 e. The van der Waals surface area contributed by atoms with Crippen LogP contribution in [0.4, 0.5) is 0 Å². The summed E-state index contributed by atoms with van der Waals surface area (Å²) in [5.74, 6) is 0.336. The number of amides is 1. The SMILES string of the molecule is C=NN1C(NC)=CC(c2ccn(-c3ccccc3)n2)=N/C1=C(/C)C(N)=O. The van der Waals surface area contributed by atoms with Crippen molar-refractivity contribution in [1.82, 2.24) is 20.1 Å². The third kappa shape index (κ3) is 3.12. The monoisotopic (exact) mass is 349 g/mol. The minimum absolute atomic E-state index is 0.276. The van der Waals surface area contributed by atoms with E-state index < -0.39 is 5.91 Å². The lowest BCUT2D eigenvalue weighted by Crippen LogP contribution is -2.31. The van der Waals surface area contributed by atoms with Crippen LogP contribution in [0.25, 0.3) is 5.69 Å². The molecule has 0 spiro atoms. The molecule has 3 rings (SSSR count). The highest BCUT2D eigenvalue weighted by atomic mass is 16.1. The number of hydrazone groups is 1. The first-order valence-electron chi connectivity index (χ1n) is 7.92. The normalized spacial score (nSPS) is 15.8. The molecule has 132 valence electrons. The minimum atomic E-state index is -0.580. The number of carbonyl (C=O) groups excluding carboxylic acids is 1. The number of rotatable bonds is 5. The van der Waals surface area contributed by atoms with Gasteiger partial charge in [-0.1, -0.05) is 18.2 Å². The number of aromatic nitrogens is 2. The number of para-hydroxylation sites is 1. The van der Waals surface area contributed by atoms with Gasteiger partial charge >= 0.3 is 0 Å². The van der Waals surface area contributed by atoms with Gasteiger partial charge in [0.2, 0.25) is 5.91 Å². The summed E-state index contributed by atoms with van der Waals surface area (Å²) in [4.78, 5) is 16.2. The molecule has 0 atom stereocenters. The zero-order chi connectivity index (χ0) is 18.7. The Balaban J connectivity index is 2.08. The Kier molecular flexibility index (Phi) is 4.66. The van der Waals surface area contributed by atoms with Crippen molar-refractivity contribution in [1.29, 1.82) is 0 Å². The van der Waals surface area contributed by atoms with Crippen LogP contribution in [0.2, 0.25) is 0 Å². The van der Waals surface area contributed by atoms with Crippen LogP contribution in [-0.4, -0.2) is 40.2 Å². The Morgan fingerprint density at radius 3 is 2.62 bits per heavy atom. The lowest BCUT2D eigenvalue weighted by Gasteiger charge is -2.26. The summed E-state index contributed by atoms with van der Waals surface area (Å²) >= 11 is 0. The molecule has 0 radical (unpaired) electrons. The van der Waals surface area contributed by atoms with Crippen LogP contribution in [0.15, 0.2) is 76.0 Å². The van der Waals surface area contributed by atoms with Gasteiger partial charge in [-0.2, -0.15) is 15.2 Å². The molecule has 3 N–H and O–H groups in total. The predicted molar refractivity (Wildman–Crippen MR) is 101 cm³/mol. The molecular formula is C18H19N7O. The van der Waals surface area contributed by atoms with Crippen molar-refractivity contribution in [2.24, 2.45) is 15.8 Å². The fraction of sp³-hybridized carbons (Fsp3) is 0.111. The van der Waals surface area contributed by atoms with E-state index in [9.17, 15) is 4.79 Å². The van der Waals surface area contributed by atoms with Crippen LogP contribution in [0.1, 0.15) is 12.6 Å². The maximum absolute atomic E-state index is 11.6. The summed E-state index contributed by atoms with van der Waals surface area (Å²) in [6.45, 7) is 5.13. The van der Waals surface area contributed by atoms with Crippen molar-refractivity contribution in [3.63, 3.8) is 0 Å². The fourth-order valence-corrected chi connectivity index (χ4v) is 2.49. The van der Waals surface area contributed by atoms with E-state index in [-0.39, 0.29) is 5.57 Å². The molecule has 0 saturated carbocycles. The Bertz CT molecular complexity index is 937. The van der Waals surface area contributed by atoms with Gasteiger partial charge in [-0.05, 0) is 25.1 Å². The second-order valence-electron chi connectivity index (χ2n) is 5.52. The molecule has 1 aliphatic rings.